The molecule has 2 N–H and O–H groups in total. The van der Waals surface area contributed by atoms with E-state index in [1.807, 2.05) is 0 Å². The van der Waals surface area contributed by atoms with E-state index in [-0.39, 0.29) is 17.1 Å². The topological polar surface area (TPSA) is 77.8 Å². The van der Waals surface area contributed by atoms with Gasteiger partial charge in [0.05, 0.1) is 11.1 Å². The number of nitrogens with one attached hydrogen (secondary N) is 1. The summed E-state index contributed by atoms with van der Waals surface area (Å²) in [7, 11) is 0. The number of halogens is 1. The average Bonchev–Trinajstić information content (AvgIpc) is 2.81. The molecule has 0 fully saturated rings. The number of carbonyl (C=O) groups excluding carboxylic acids is 1. The standard InChI is InChI=1S/C15H10FN3O2/c16-11-7-3-1-5-9(11)14(20)19-18-13-10-6-2-4-8-12(10)17-15(13)21/h1-8,17,21H. The van der Waals surface area contributed by atoms with Gasteiger partial charge in [0, 0.05) is 5.39 Å². The van der Waals surface area contributed by atoms with Crippen molar-refractivity contribution in [1.29, 1.82) is 0 Å². The molecule has 0 aliphatic carbocycles. The predicted molar refractivity (Wildman–Crippen MR) is 75.2 cm³/mol. The first-order chi connectivity index (χ1) is 10.2. The minimum absolute atomic E-state index is 0.148. The van der Waals surface area contributed by atoms with Crippen molar-refractivity contribution in [2.45, 2.75) is 0 Å². The maximum Gasteiger partial charge on any atom is 0.298 e. The number of benzene rings is 2. The molecule has 3 rings (SSSR count). The van der Waals surface area contributed by atoms with Crippen LogP contribution in [0.3, 0.4) is 0 Å². The molecule has 0 radical (unpaired) electrons. The van der Waals surface area contributed by atoms with Crippen molar-refractivity contribution >= 4 is 22.5 Å². The highest BCUT2D eigenvalue weighted by Gasteiger charge is 2.12. The summed E-state index contributed by atoms with van der Waals surface area (Å²) in [6, 6.07) is 12.6. The summed E-state index contributed by atoms with van der Waals surface area (Å²) >= 11 is 0. The Hall–Kier alpha value is -3.02. The molecule has 1 amide bonds. The summed E-state index contributed by atoms with van der Waals surface area (Å²) < 4.78 is 13.5. The van der Waals surface area contributed by atoms with E-state index in [4.69, 9.17) is 0 Å². The highest BCUT2D eigenvalue weighted by molar-refractivity contribution is 5.97. The number of hydrogen-bond donors (Lipinski definition) is 2. The van der Waals surface area contributed by atoms with Gasteiger partial charge in [0.15, 0.2) is 5.69 Å². The first-order valence-corrected chi connectivity index (χ1v) is 6.17. The number of fused-ring (bicyclic) bond motifs is 1. The van der Waals surface area contributed by atoms with E-state index >= 15 is 0 Å². The van der Waals surface area contributed by atoms with E-state index in [9.17, 15) is 14.3 Å². The lowest BCUT2D eigenvalue weighted by Crippen LogP contribution is -1.97. The molecule has 0 atom stereocenters. The van der Waals surface area contributed by atoms with Crippen molar-refractivity contribution in [1.82, 2.24) is 4.98 Å². The fourth-order valence-electron chi connectivity index (χ4n) is 2.00. The van der Waals surface area contributed by atoms with Crippen LogP contribution in [0.4, 0.5) is 10.1 Å². The molecule has 21 heavy (non-hydrogen) atoms. The third-order valence-corrected chi connectivity index (χ3v) is 3.00. The van der Waals surface area contributed by atoms with Gasteiger partial charge in [-0.2, -0.15) is 0 Å². The van der Waals surface area contributed by atoms with Gasteiger partial charge in [0.1, 0.15) is 5.82 Å². The first-order valence-electron chi connectivity index (χ1n) is 6.17. The molecule has 104 valence electrons. The number of azo groups is 1. The lowest BCUT2D eigenvalue weighted by molar-refractivity contribution is 0.0991. The van der Waals surface area contributed by atoms with Crippen molar-refractivity contribution in [3.8, 4) is 5.88 Å². The van der Waals surface area contributed by atoms with Crippen molar-refractivity contribution in [2.75, 3.05) is 0 Å². The van der Waals surface area contributed by atoms with Gasteiger partial charge in [-0.1, -0.05) is 30.3 Å². The predicted octanol–water partition coefficient (Wildman–Crippen LogP) is 3.94. The fourth-order valence-corrected chi connectivity index (χ4v) is 2.00. The van der Waals surface area contributed by atoms with Gasteiger partial charge in [-0.15, -0.1) is 10.2 Å². The highest BCUT2D eigenvalue weighted by Crippen LogP contribution is 2.35. The Balaban J connectivity index is 1.97. The van der Waals surface area contributed by atoms with Crippen molar-refractivity contribution in [2.24, 2.45) is 10.2 Å². The van der Waals surface area contributed by atoms with Gasteiger partial charge in [0.2, 0.25) is 5.88 Å². The molecule has 3 aromatic rings. The summed E-state index contributed by atoms with van der Waals surface area (Å²) in [6.07, 6.45) is 0. The lowest BCUT2D eigenvalue weighted by Gasteiger charge is -1.96. The van der Waals surface area contributed by atoms with Crippen molar-refractivity contribution < 1.29 is 14.3 Å². The molecular weight excluding hydrogens is 273 g/mol. The highest BCUT2D eigenvalue weighted by atomic mass is 19.1. The van der Waals surface area contributed by atoms with Crippen LogP contribution >= 0.6 is 0 Å². The van der Waals surface area contributed by atoms with Gasteiger partial charge in [-0.25, -0.2) is 4.39 Å². The summed E-state index contributed by atoms with van der Waals surface area (Å²) in [5.41, 5.74) is 0.651. The van der Waals surface area contributed by atoms with Crippen LogP contribution in [0.2, 0.25) is 0 Å². The molecule has 0 aliphatic rings. The van der Waals surface area contributed by atoms with Crippen LogP contribution in [0.15, 0.2) is 58.8 Å². The van der Waals surface area contributed by atoms with Crippen LogP contribution in [-0.4, -0.2) is 16.0 Å². The molecular formula is C15H10FN3O2. The molecule has 0 bridgehead atoms. The van der Waals surface area contributed by atoms with E-state index < -0.39 is 11.7 Å². The Labute approximate surface area is 118 Å². The van der Waals surface area contributed by atoms with Gasteiger partial charge < -0.3 is 10.1 Å². The molecule has 0 saturated carbocycles. The Morgan fingerprint density at radius 1 is 1.10 bits per heavy atom. The average molecular weight is 283 g/mol. The molecule has 0 unspecified atom stereocenters. The molecule has 1 aromatic heterocycles. The van der Waals surface area contributed by atoms with Crippen LogP contribution in [0, 0.1) is 5.82 Å². The molecule has 6 heteroatoms. The summed E-state index contributed by atoms with van der Waals surface area (Å²) in [5.74, 6) is -1.66. The molecule has 5 nitrogen and oxygen atoms in total. The minimum Gasteiger partial charge on any atom is -0.493 e. The van der Waals surface area contributed by atoms with Crippen LogP contribution in [0.5, 0.6) is 5.88 Å². The lowest BCUT2D eigenvalue weighted by atomic mass is 10.2. The summed E-state index contributed by atoms with van der Waals surface area (Å²) in [4.78, 5) is 14.5. The third-order valence-electron chi connectivity index (χ3n) is 3.00. The minimum atomic E-state index is -0.808. The third kappa shape index (κ3) is 2.38. The van der Waals surface area contributed by atoms with Crippen molar-refractivity contribution in [3.05, 3.63) is 59.9 Å². The summed E-state index contributed by atoms with van der Waals surface area (Å²) in [6.45, 7) is 0. The number of H-pyrrole nitrogens is 1. The first kappa shape index (κ1) is 13.0. The number of aromatic amines is 1. The number of amides is 1. The summed E-state index contributed by atoms with van der Waals surface area (Å²) in [5, 5.41) is 17.6. The van der Waals surface area contributed by atoms with Gasteiger partial charge in [-0.3, -0.25) is 4.79 Å². The smallest absolute Gasteiger partial charge is 0.298 e. The SMILES string of the molecule is O=C(N=Nc1c(O)[nH]c2ccccc12)c1ccccc1F. The molecule has 1 heterocycles. The number of rotatable bonds is 2. The molecule has 0 aliphatic heterocycles. The van der Waals surface area contributed by atoms with E-state index in [0.29, 0.717) is 10.9 Å². The number of hydrogen-bond acceptors (Lipinski definition) is 3. The fraction of sp³-hybridized carbons (Fsp3) is 0. The Morgan fingerprint density at radius 3 is 2.62 bits per heavy atom. The molecule has 0 saturated heterocycles. The second-order valence-corrected chi connectivity index (χ2v) is 4.35. The zero-order valence-corrected chi connectivity index (χ0v) is 10.7. The van der Waals surface area contributed by atoms with Crippen LogP contribution in [-0.2, 0) is 0 Å². The van der Waals surface area contributed by atoms with Crippen LogP contribution in [0.25, 0.3) is 10.9 Å². The van der Waals surface area contributed by atoms with E-state index in [1.54, 1.807) is 24.3 Å². The maximum atomic E-state index is 13.5. The number of aromatic nitrogens is 1. The van der Waals surface area contributed by atoms with Gasteiger partial charge in [0.25, 0.3) is 5.91 Å². The second-order valence-electron chi connectivity index (χ2n) is 4.35. The van der Waals surface area contributed by atoms with Gasteiger partial charge in [-0.05, 0) is 18.2 Å². The zero-order valence-electron chi connectivity index (χ0n) is 10.7. The Kier molecular flexibility index (Phi) is 3.19. The van der Waals surface area contributed by atoms with Gasteiger partial charge >= 0.3 is 0 Å². The largest absolute Gasteiger partial charge is 0.493 e. The molecule has 2 aromatic carbocycles. The molecule has 0 spiro atoms. The Bertz CT molecular complexity index is 855. The maximum absolute atomic E-state index is 13.5. The monoisotopic (exact) mass is 283 g/mol. The number of nitrogens with zero attached hydrogens (tertiary/aromatic N) is 2. The number of para-hydroxylation sites is 1. The second kappa shape index (κ2) is 5.16. The van der Waals surface area contributed by atoms with E-state index in [2.05, 4.69) is 15.2 Å². The number of aromatic hydroxyl groups is 1. The quantitative estimate of drug-likeness (QED) is 0.699. The van der Waals surface area contributed by atoms with Crippen LogP contribution < -0.4 is 0 Å². The Morgan fingerprint density at radius 2 is 1.81 bits per heavy atom. The van der Waals surface area contributed by atoms with E-state index in [0.717, 1.165) is 0 Å². The van der Waals surface area contributed by atoms with Crippen molar-refractivity contribution in [3.63, 3.8) is 0 Å². The normalized spacial score (nSPS) is 11.3. The number of carbonyl (C=O) groups is 1. The van der Waals surface area contributed by atoms with Crippen LogP contribution in [0.1, 0.15) is 10.4 Å². The zero-order chi connectivity index (χ0) is 14.8. The van der Waals surface area contributed by atoms with E-state index in [1.165, 1.54) is 24.3 Å².